The number of aliphatic hydroxyl groups is 1. The van der Waals surface area contributed by atoms with Crippen LogP contribution in [0.15, 0.2) is 30.3 Å². The number of methoxy groups -OCH3 is 2. The van der Waals surface area contributed by atoms with E-state index in [9.17, 15) is 5.11 Å². The number of ether oxygens (including phenoxy) is 3. The van der Waals surface area contributed by atoms with Crippen molar-refractivity contribution in [2.24, 2.45) is 0 Å². The number of rotatable bonds is 11. The average molecular weight is 532 g/mol. The first-order valence-electron chi connectivity index (χ1n) is 13.4. The summed E-state index contributed by atoms with van der Waals surface area (Å²) in [5.41, 5.74) is 5.03. The SMILES string of the molecule is COCCNCC(O)COc1ccc([C@H]2CCC[C@H]3CN(c4ccc(Cl)c(OC)c4)CCN32)c(C)c1C. The van der Waals surface area contributed by atoms with Crippen molar-refractivity contribution in [3.05, 3.63) is 52.0 Å². The molecule has 0 aromatic heterocycles. The largest absolute Gasteiger partial charge is 0.495 e. The fraction of sp³-hybridized carbons (Fsp3) is 0.586. The Balaban J connectivity index is 1.40. The zero-order chi connectivity index (χ0) is 26.4. The van der Waals surface area contributed by atoms with Gasteiger partial charge in [-0.1, -0.05) is 17.7 Å². The van der Waals surface area contributed by atoms with E-state index in [4.69, 9.17) is 25.8 Å². The Hall–Kier alpha value is -2.03. The summed E-state index contributed by atoms with van der Waals surface area (Å²) in [5, 5.41) is 14.1. The molecule has 0 radical (unpaired) electrons. The molecule has 204 valence electrons. The van der Waals surface area contributed by atoms with E-state index in [2.05, 4.69) is 53.2 Å². The van der Waals surface area contributed by atoms with Crippen LogP contribution in [0.5, 0.6) is 11.5 Å². The van der Waals surface area contributed by atoms with E-state index in [0.717, 1.165) is 36.7 Å². The maximum absolute atomic E-state index is 10.3. The van der Waals surface area contributed by atoms with E-state index in [0.29, 0.717) is 36.8 Å². The van der Waals surface area contributed by atoms with Crippen LogP contribution in [0, 0.1) is 13.8 Å². The van der Waals surface area contributed by atoms with Crippen molar-refractivity contribution in [2.75, 3.05) is 65.1 Å². The molecule has 2 saturated heterocycles. The summed E-state index contributed by atoms with van der Waals surface area (Å²) in [5.74, 6) is 1.58. The van der Waals surface area contributed by atoms with Gasteiger partial charge in [-0.2, -0.15) is 0 Å². The summed E-state index contributed by atoms with van der Waals surface area (Å²) in [7, 11) is 3.33. The molecule has 37 heavy (non-hydrogen) atoms. The van der Waals surface area contributed by atoms with E-state index in [1.807, 2.05) is 6.07 Å². The van der Waals surface area contributed by atoms with Crippen LogP contribution in [0.4, 0.5) is 5.69 Å². The molecular weight excluding hydrogens is 490 g/mol. The second-order valence-electron chi connectivity index (χ2n) is 10.2. The van der Waals surface area contributed by atoms with Gasteiger partial charge in [-0.25, -0.2) is 0 Å². The highest BCUT2D eigenvalue weighted by Crippen LogP contribution is 2.40. The van der Waals surface area contributed by atoms with Gasteiger partial charge in [0.25, 0.3) is 0 Å². The number of hydrogen-bond acceptors (Lipinski definition) is 7. The quantitative estimate of drug-likeness (QED) is 0.418. The molecule has 7 nitrogen and oxygen atoms in total. The number of nitrogens with zero attached hydrogens (tertiary/aromatic N) is 2. The molecule has 8 heteroatoms. The number of benzene rings is 2. The summed E-state index contributed by atoms with van der Waals surface area (Å²) in [6.07, 6.45) is 3.06. The maximum atomic E-state index is 10.3. The molecule has 2 aliphatic heterocycles. The van der Waals surface area contributed by atoms with Crippen LogP contribution < -0.4 is 19.7 Å². The number of halogens is 1. The molecule has 4 rings (SSSR count). The Bertz CT molecular complexity index is 1040. The first-order valence-corrected chi connectivity index (χ1v) is 13.8. The molecule has 0 amide bonds. The summed E-state index contributed by atoms with van der Waals surface area (Å²) in [6, 6.07) is 11.3. The van der Waals surface area contributed by atoms with Crippen LogP contribution in [0.1, 0.15) is 42.0 Å². The van der Waals surface area contributed by atoms with Gasteiger partial charge in [0.15, 0.2) is 0 Å². The Morgan fingerprint density at radius 2 is 1.92 bits per heavy atom. The van der Waals surface area contributed by atoms with E-state index < -0.39 is 6.10 Å². The lowest BCUT2D eigenvalue weighted by atomic mass is 9.86. The summed E-state index contributed by atoms with van der Waals surface area (Å²) in [6.45, 7) is 9.44. The molecule has 2 aliphatic rings. The van der Waals surface area contributed by atoms with Crippen molar-refractivity contribution in [1.29, 1.82) is 0 Å². The highest BCUT2D eigenvalue weighted by Gasteiger charge is 2.36. The van der Waals surface area contributed by atoms with E-state index >= 15 is 0 Å². The third kappa shape index (κ3) is 6.70. The molecule has 2 N–H and O–H groups in total. The van der Waals surface area contributed by atoms with E-state index in [1.54, 1.807) is 14.2 Å². The monoisotopic (exact) mass is 531 g/mol. The number of piperazine rings is 1. The molecule has 3 atom stereocenters. The van der Waals surface area contributed by atoms with Crippen molar-refractivity contribution in [3.63, 3.8) is 0 Å². The van der Waals surface area contributed by atoms with Gasteiger partial charge in [-0.05, 0) is 68.0 Å². The first kappa shape index (κ1) is 28.0. The summed E-state index contributed by atoms with van der Waals surface area (Å²) >= 11 is 6.26. The van der Waals surface area contributed by atoms with Gasteiger partial charge in [0.2, 0.25) is 0 Å². The van der Waals surface area contributed by atoms with Crippen molar-refractivity contribution >= 4 is 17.3 Å². The van der Waals surface area contributed by atoms with Crippen LogP contribution in [0.2, 0.25) is 5.02 Å². The Morgan fingerprint density at radius 1 is 1.08 bits per heavy atom. The number of piperidine rings is 1. The third-order valence-corrected chi connectivity index (χ3v) is 8.19. The Kier molecular flexibility index (Phi) is 9.96. The summed E-state index contributed by atoms with van der Waals surface area (Å²) < 4.78 is 16.5. The van der Waals surface area contributed by atoms with Gasteiger partial charge in [0, 0.05) is 63.7 Å². The summed E-state index contributed by atoms with van der Waals surface area (Å²) in [4.78, 5) is 5.18. The van der Waals surface area contributed by atoms with Gasteiger partial charge in [0.1, 0.15) is 24.2 Å². The minimum absolute atomic E-state index is 0.266. The van der Waals surface area contributed by atoms with Gasteiger partial charge in [-0.3, -0.25) is 4.90 Å². The van der Waals surface area contributed by atoms with E-state index in [1.165, 1.54) is 36.1 Å². The molecule has 2 fully saturated rings. The standard InChI is InChI=1S/C29H42ClN3O4/c1-20-21(2)28(37-19-24(34)17-31-12-15-35-3)11-9-25(20)27-7-5-6-23-18-32(13-14-33(23)27)22-8-10-26(30)29(16-22)36-4/h8-11,16,23-24,27,31,34H,5-7,12-15,17-19H2,1-4H3/t23-,24?,27+/m0/s1. The average Bonchev–Trinajstić information content (AvgIpc) is 2.91. The third-order valence-electron chi connectivity index (χ3n) is 7.88. The number of fused-ring (bicyclic) bond motifs is 1. The Morgan fingerprint density at radius 3 is 2.70 bits per heavy atom. The fourth-order valence-electron chi connectivity index (χ4n) is 5.69. The van der Waals surface area contributed by atoms with Gasteiger partial charge < -0.3 is 29.5 Å². The van der Waals surface area contributed by atoms with Crippen molar-refractivity contribution in [2.45, 2.75) is 51.3 Å². The fourth-order valence-corrected chi connectivity index (χ4v) is 5.88. The smallest absolute Gasteiger partial charge is 0.139 e. The molecule has 2 aromatic rings. The van der Waals surface area contributed by atoms with E-state index in [-0.39, 0.29) is 6.61 Å². The maximum Gasteiger partial charge on any atom is 0.139 e. The topological polar surface area (TPSA) is 66.4 Å². The van der Waals surface area contributed by atoms with Crippen molar-refractivity contribution in [3.8, 4) is 11.5 Å². The second-order valence-corrected chi connectivity index (χ2v) is 10.6. The number of anilines is 1. The lowest BCUT2D eigenvalue weighted by molar-refractivity contribution is 0.0711. The molecule has 0 spiro atoms. The van der Waals surface area contributed by atoms with Gasteiger partial charge in [0.05, 0.1) is 18.7 Å². The number of nitrogens with one attached hydrogen (secondary N) is 1. The minimum Gasteiger partial charge on any atom is -0.495 e. The number of aliphatic hydroxyl groups excluding tert-OH is 1. The first-order chi connectivity index (χ1) is 17.9. The zero-order valence-electron chi connectivity index (χ0n) is 22.6. The molecule has 2 aromatic carbocycles. The van der Waals surface area contributed by atoms with Crippen LogP contribution in [-0.2, 0) is 4.74 Å². The van der Waals surface area contributed by atoms with Gasteiger partial charge >= 0.3 is 0 Å². The predicted molar refractivity (Wildman–Crippen MR) is 149 cm³/mol. The van der Waals surface area contributed by atoms with Crippen molar-refractivity contribution in [1.82, 2.24) is 10.2 Å². The van der Waals surface area contributed by atoms with Crippen molar-refractivity contribution < 1.29 is 19.3 Å². The molecular formula is C29H42ClN3O4. The zero-order valence-corrected chi connectivity index (χ0v) is 23.4. The highest BCUT2D eigenvalue weighted by molar-refractivity contribution is 6.32. The minimum atomic E-state index is -0.563. The molecule has 0 bridgehead atoms. The number of hydrogen-bond donors (Lipinski definition) is 2. The van der Waals surface area contributed by atoms with Crippen LogP contribution in [0.25, 0.3) is 0 Å². The lowest BCUT2D eigenvalue weighted by Crippen LogP contribution is -2.56. The second kappa shape index (κ2) is 13.2. The molecule has 0 aliphatic carbocycles. The van der Waals surface area contributed by atoms with Crippen LogP contribution >= 0.6 is 11.6 Å². The lowest BCUT2D eigenvalue weighted by Gasteiger charge is -2.49. The van der Waals surface area contributed by atoms with Gasteiger partial charge in [-0.15, -0.1) is 0 Å². The van der Waals surface area contributed by atoms with Crippen LogP contribution in [-0.4, -0.2) is 82.3 Å². The predicted octanol–water partition coefficient (Wildman–Crippen LogP) is 4.36. The molecule has 1 unspecified atom stereocenters. The highest BCUT2D eigenvalue weighted by atomic mass is 35.5. The van der Waals surface area contributed by atoms with Crippen LogP contribution in [0.3, 0.4) is 0 Å². The molecule has 0 saturated carbocycles. The Labute approximate surface area is 226 Å². The molecule has 2 heterocycles. The normalized spacial score (nSPS) is 21.0.